The fourth-order valence-corrected chi connectivity index (χ4v) is 5.01. The summed E-state index contributed by atoms with van der Waals surface area (Å²) < 4.78 is 0. The third-order valence-electron chi connectivity index (χ3n) is 5.89. The van der Waals surface area contributed by atoms with Crippen LogP contribution in [-0.2, 0) is 6.42 Å². The fourth-order valence-electron chi connectivity index (χ4n) is 5.01. The molecule has 2 heteroatoms. The van der Waals surface area contributed by atoms with Crippen molar-refractivity contribution in [3.05, 3.63) is 29.6 Å². The average Bonchev–Trinajstić information content (AvgIpc) is 2.46. The van der Waals surface area contributed by atoms with Gasteiger partial charge in [0.15, 0.2) is 0 Å². The Kier molecular flexibility index (Phi) is 3.85. The number of nitrogens with zero attached hydrogens (tertiary/aromatic N) is 1. The summed E-state index contributed by atoms with van der Waals surface area (Å²) in [5, 5.41) is 0. The summed E-state index contributed by atoms with van der Waals surface area (Å²) >= 11 is 0. The van der Waals surface area contributed by atoms with Crippen molar-refractivity contribution in [1.82, 2.24) is 4.98 Å². The largest absolute Gasteiger partial charge is 0.324 e. The molecule has 0 aliphatic heterocycles. The molecular formula is C19H30N2. The van der Waals surface area contributed by atoms with Gasteiger partial charge in [0.05, 0.1) is 0 Å². The summed E-state index contributed by atoms with van der Waals surface area (Å²) in [7, 11) is 0. The second-order valence-corrected chi connectivity index (χ2v) is 8.27. The van der Waals surface area contributed by atoms with E-state index in [4.69, 9.17) is 10.7 Å². The van der Waals surface area contributed by atoms with Gasteiger partial charge >= 0.3 is 0 Å². The first-order chi connectivity index (χ1) is 9.93. The molecule has 1 aromatic heterocycles. The Morgan fingerprint density at radius 3 is 2.76 bits per heavy atom. The van der Waals surface area contributed by atoms with E-state index in [1.807, 2.05) is 6.20 Å². The van der Waals surface area contributed by atoms with Crippen LogP contribution in [0, 0.1) is 11.3 Å². The third kappa shape index (κ3) is 2.63. The van der Waals surface area contributed by atoms with Gasteiger partial charge in [-0.2, -0.15) is 0 Å². The maximum Gasteiger partial charge on any atom is 0.0484 e. The van der Waals surface area contributed by atoms with Crippen molar-refractivity contribution < 1.29 is 0 Å². The number of aromatic nitrogens is 1. The zero-order chi connectivity index (χ0) is 15.1. The van der Waals surface area contributed by atoms with Crippen molar-refractivity contribution in [2.45, 2.75) is 77.2 Å². The highest BCUT2D eigenvalue weighted by Crippen LogP contribution is 2.51. The number of nitrogens with two attached hydrogens (primary N) is 1. The van der Waals surface area contributed by atoms with Crippen molar-refractivity contribution in [2.24, 2.45) is 17.1 Å². The van der Waals surface area contributed by atoms with Crippen LogP contribution in [0.3, 0.4) is 0 Å². The van der Waals surface area contributed by atoms with Crippen molar-refractivity contribution in [2.75, 3.05) is 0 Å². The third-order valence-corrected chi connectivity index (χ3v) is 5.89. The summed E-state index contributed by atoms with van der Waals surface area (Å²) in [6.45, 7) is 7.10. The minimum Gasteiger partial charge on any atom is -0.324 e. The van der Waals surface area contributed by atoms with E-state index < -0.39 is 0 Å². The van der Waals surface area contributed by atoms with Gasteiger partial charge in [0.25, 0.3) is 0 Å². The topological polar surface area (TPSA) is 38.9 Å². The van der Waals surface area contributed by atoms with Gasteiger partial charge in [0.2, 0.25) is 0 Å². The van der Waals surface area contributed by atoms with E-state index in [0.717, 1.165) is 6.42 Å². The van der Waals surface area contributed by atoms with Crippen molar-refractivity contribution >= 4 is 0 Å². The molecule has 2 nitrogen and oxygen atoms in total. The van der Waals surface area contributed by atoms with Gasteiger partial charge in [-0.25, -0.2) is 0 Å². The first kappa shape index (κ1) is 15.0. The second-order valence-electron chi connectivity index (χ2n) is 8.27. The first-order valence-corrected chi connectivity index (χ1v) is 8.65. The normalized spacial score (nSPS) is 33.5. The molecule has 3 rings (SSSR count). The van der Waals surface area contributed by atoms with Gasteiger partial charge in [0.1, 0.15) is 0 Å². The van der Waals surface area contributed by atoms with Crippen molar-refractivity contribution in [3.8, 4) is 0 Å². The van der Waals surface area contributed by atoms with E-state index in [2.05, 4.69) is 32.9 Å². The van der Waals surface area contributed by atoms with Gasteiger partial charge in [-0.05, 0) is 55.1 Å². The maximum absolute atomic E-state index is 7.14. The molecular weight excluding hydrogens is 256 g/mol. The maximum atomic E-state index is 7.14. The molecule has 3 atom stereocenters. The van der Waals surface area contributed by atoms with Crippen LogP contribution in [0.25, 0.3) is 0 Å². The molecule has 0 spiro atoms. The fraction of sp³-hybridized carbons (Fsp3) is 0.737. The minimum absolute atomic E-state index is 0.0694. The summed E-state index contributed by atoms with van der Waals surface area (Å²) in [4.78, 5) is 4.76. The molecule has 2 aliphatic rings. The minimum atomic E-state index is -0.0694. The number of rotatable bonds is 1. The Labute approximate surface area is 129 Å². The molecule has 0 aromatic carbocycles. The second kappa shape index (κ2) is 5.39. The van der Waals surface area contributed by atoms with Crippen LogP contribution < -0.4 is 5.73 Å². The molecule has 0 bridgehead atoms. The zero-order valence-electron chi connectivity index (χ0n) is 13.9. The van der Waals surface area contributed by atoms with Crippen LogP contribution in [0.5, 0.6) is 0 Å². The summed E-state index contributed by atoms with van der Waals surface area (Å²) in [5.41, 5.74) is 10.1. The number of aryl methyl sites for hydroxylation is 1. The van der Waals surface area contributed by atoms with E-state index in [0.29, 0.717) is 11.8 Å². The molecule has 0 amide bonds. The van der Waals surface area contributed by atoms with E-state index in [1.54, 1.807) is 0 Å². The molecule has 1 aromatic rings. The van der Waals surface area contributed by atoms with Crippen LogP contribution in [0.15, 0.2) is 18.3 Å². The monoisotopic (exact) mass is 286 g/mol. The number of hydrogen-bond donors (Lipinski definition) is 1. The number of pyridine rings is 1. The van der Waals surface area contributed by atoms with Crippen LogP contribution in [0.2, 0.25) is 0 Å². The Morgan fingerprint density at radius 1 is 1.19 bits per heavy atom. The highest BCUT2D eigenvalue weighted by molar-refractivity contribution is 5.30. The smallest absolute Gasteiger partial charge is 0.0484 e. The Hall–Kier alpha value is -0.890. The molecule has 116 valence electrons. The molecule has 1 fully saturated rings. The Morgan fingerprint density at radius 2 is 2.00 bits per heavy atom. The molecule has 2 aliphatic carbocycles. The Balaban J connectivity index is 2.01. The molecule has 2 N–H and O–H groups in total. The lowest BCUT2D eigenvalue weighted by atomic mass is 9.56. The lowest BCUT2D eigenvalue weighted by Crippen LogP contribution is -2.58. The van der Waals surface area contributed by atoms with Crippen molar-refractivity contribution in [1.29, 1.82) is 0 Å². The molecule has 21 heavy (non-hydrogen) atoms. The molecule has 0 saturated heterocycles. The summed E-state index contributed by atoms with van der Waals surface area (Å²) in [6.07, 6.45) is 10.7. The van der Waals surface area contributed by atoms with E-state index in [9.17, 15) is 0 Å². The van der Waals surface area contributed by atoms with Gasteiger partial charge < -0.3 is 5.73 Å². The van der Waals surface area contributed by atoms with E-state index in [1.165, 1.54) is 49.8 Å². The summed E-state index contributed by atoms with van der Waals surface area (Å²) in [5.74, 6) is 1.05. The van der Waals surface area contributed by atoms with Crippen LogP contribution in [0.1, 0.15) is 76.5 Å². The molecule has 0 radical (unpaired) electrons. The molecule has 3 unspecified atom stereocenters. The van der Waals surface area contributed by atoms with Crippen LogP contribution >= 0.6 is 0 Å². The number of hydrogen-bond acceptors (Lipinski definition) is 2. The molecule has 1 saturated carbocycles. The van der Waals surface area contributed by atoms with E-state index >= 15 is 0 Å². The predicted octanol–water partition coefficient (Wildman–Crippen LogP) is 4.44. The lowest BCUT2D eigenvalue weighted by molar-refractivity contribution is 0.0532. The molecule has 1 heterocycles. The number of fused-ring (bicyclic) bond motifs is 1. The summed E-state index contributed by atoms with van der Waals surface area (Å²) in [6, 6.07) is 4.33. The van der Waals surface area contributed by atoms with Crippen LogP contribution in [0.4, 0.5) is 0 Å². The van der Waals surface area contributed by atoms with Crippen molar-refractivity contribution in [3.63, 3.8) is 0 Å². The standard InChI is InChI=1S/C19H30N2/c1-18(2,3)16-11-4-5-12-19(16,20)15-10-6-8-14-9-7-13-21-17(14)15/h7,9,13,15-16H,4-6,8,10-12,20H2,1-3H3. The highest BCUT2D eigenvalue weighted by Gasteiger charge is 2.49. The van der Waals surface area contributed by atoms with Gasteiger partial charge in [0, 0.05) is 23.3 Å². The predicted molar refractivity (Wildman–Crippen MR) is 88.2 cm³/mol. The quantitative estimate of drug-likeness (QED) is 0.829. The van der Waals surface area contributed by atoms with Gasteiger partial charge in [-0.15, -0.1) is 0 Å². The Bertz CT molecular complexity index is 503. The lowest BCUT2D eigenvalue weighted by Gasteiger charge is -2.52. The SMILES string of the molecule is CC(C)(C)C1CCCCC1(N)C1CCCc2cccnc21. The zero-order valence-corrected chi connectivity index (χ0v) is 13.9. The van der Waals surface area contributed by atoms with Crippen LogP contribution in [-0.4, -0.2) is 10.5 Å². The highest BCUT2D eigenvalue weighted by atomic mass is 14.8. The van der Waals surface area contributed by atoms with E-state index in [-0.39, 0.29) is 11.0 Å². The van der Waals surface area contributed by atoms with Gasteiger partial charge in [-0.1, -0.05) is 39.7 Å². The first-order valence-electron chi connectivity index (χ1n) is 8.65. The van der Waals surface area contributed by atoms with Gasteiger partial charge in [-0.3, -0.25) is 4.98 Å². The average molecular weight is 286 g/mol.